The summed E-state index contributed by atoms with van der Waals surface area (Å²) in [4.78, 5) is 37.7. The molecule has 2 aliphatic heterocycles. The quantitative estimate of drug-likeness (QED) is 0.190. The number of thioether (sulfide) groups is 2. The van der Waals surface area contributed by atoms with Crippen LogP contribution in [-0.4, -0.2) is 103 Å². The average molecular weight is 478 g/mol. The summed E-state index contributed by atoms with van der Waals surface area (Å²) in [5.41, 5.74) is -1.88. The zero-order chi connectivity index (χ0) is 22.6. The van der Waals surface area contributed by atoms with Crippen LogP contribution in [0, 0.1) is 0 Å². The van der Waals surface area contributed by atoms with Crippen molar-refractivity contribution in [1.82, 2.24) is 30.4 Å². The Bertz CT molecular complexity index is 899. The number of fused-ring (bicyclic) bond motifs is 1. The number of β-lactam (4-membered cyclic amide) rings is 1. The van der Waals surface area contributed by atoms with Gasteiger partial charge in [-0.05, 0) is 16.0 Å². The van der Waals surface area contributed by atoms with Crippen LogP contribution in [0.15, 0.2) is 16.4 Å². The third kappa shape index (κ3) is 4.38. The van der Waals surface area contributed by atoms with Crippen molar-refractivity contribution in [3.05, 3.63) is 11.3 Å². The molecule has 170 valence electrons. The summed E-state index contributed by atoms with van der Waals surface area (Å²) in [6, 6.07) is -0.776. The molecule has 1 fully saturated rings. The van der Waals surface area contributed by atoms with Crippen LogP contribution in [0.4, 0.5) is 4.39 Å². The van der Waals surface area contributed by atoms with E-state index in [1.54, 1.807) is 0 Å². The van der Waals surface area contributed by atoms with E-state index in [2.05, 4.69) is 20.8 Å². The molecule has 31 heavy (non-hydrogen) atoms. The number of hydrogen-bond acceptors (Lipinski definition) is 11. The predicted molar refractivity (Wildman–Crippen MR) is 103 cm³/mol. The summed E-state index contributed by atoms with van der Waals surface area (Å²) >= 11 is 1.82. The van der Waals surface area contributed by atoms with E-state index in [-0.39, 0.29) is 37.0 Å². The number of aromatic nitrogens is 4. The Labute approximate surface area is 183 Å². The van der Waals surface area contributed by atoms with Gasteiger partial charge in [0.15, 0.2) is 6.23 Å². The number of amides is 2. The van der Waals surface area contributed by atoms with Crippen LogP contribution >= 0.6 is 23.5 Å². The van der Waals surface area contributed by atoms with Gasteiger partial charge in [-0.3, -0.25) is 14.5 Å². The Kier molecular flexibility index (Phi) is 7.47. The van der Waals surface area contributed by atoms with E-state index >= 15 is 0 Å². The van der Waals surface area contributed by atoms with Crippen molar-refractivity contribution in [1.29, 1.82) is 0 Å². The summed E-state index contributed by atoms with van der Waals surface area (Å²) in [7, 11) is 1.18. The van der Waals surface area contributed by atoms with Crippen molar-refractivity contribution >= 4 is 41.3 Å². The first-order valence-corrected chi connectivity index (χ1v) is 10.9. The van der Waals surface area contributed by atoms with Crippen molar-refractivity contribution in [2.75, 3.05) is 37.8 Å². The van der Waals surface area contributed by atoms with Crippen LogP contribution in [-0.2, 0) is 30.4 Å². The molecule has 0 saturated carbocycles. The molecule has 3 rings (SSSR count). The second-order valence-corrected chi connectivity index (χ2v) is 8.10. The number of carboxylic acid groups (broad SMARTS) is 1. The van der Waals surface area contributed by atoms with Gasteiger partial charge in [-0.1, -0.05) is 11.8 Å². The normalized spacial score (nSPS) is 22.9. The number of carbonyl (C=O) groups is 3. The number of alkyl halides is 1. The minimum absolute atomic E-state index is 0.101. The van der Waals surface area contributed by atoms with Gasteiger partial charge in [0.05, 0.1) is 25.5 Å². The molecule has 13 nitrogen and oxygen atoms in total. The maximum absolute atomic E-state index is 12.8. The highest BCUT2D eigenvalue weighted by Crippen LogP contribution is 2.41. The number of carboxylic acids is 1. The van der Waals surface area contributed by atoms with Gasteiger partial charge in [0.25, 0.3) is 11.6 Å². The van der Waals surface area contributed by atoms with Gasteiger partial charge in [-0.25, -0.2) is 13.9 Å². The molecule has 2 amide bonds. The monoisotopic (exact) mass is 478 g/mol. The van der Waals surface area contributed by atoms with E-state index in [0.717, 1.165) is 16.7 Å². The highest BCUT2D eigenvalue weighted by molar-refractivity contribution is 7.99. The highest BCUT2D eigenvalue weighted by Gasteiger charge is 2.67. The lowest BCUT2D eigenvalue weighted by atomic mass is 9.94. The molecule has 0 aliphatic carbocycles. The minimum atomic E-state index is -1.89. The van der Waals surface area contributed by atoms with Gasteiger partial charge in [0, 0.05) is 12.9 Å². The molecule has 0 bridgehead atoms. The summed E-state index contributed by atoms with van der Waals surface area (Å²) in [5, 5.41) is 32.5. The smallest absolute Gasteiger partial charge is 0.352 e. The van der Waals surface area contributed by atoms with E-state index in [1.807, 2.05) is 0 Å². The fraction of sp³-hybridized carbons (Fsp3) is 0.600. The van der Waals surface area contributed by atoms with Gasteiger partial charge in [-0.2, -0.15) is 0 Å². The van der Waals surface area contributed by atoms with Crippen LogP contribution in [0.2, 0.25) is 0 Å². The van der Waals surface area contributed by atoms with E-state index < -0.39 is 35.7 Å². The number of hydrogen-bond donors (Lipinski definition) is 3. The Balaban J connectivity index is 1.79. The fourth-order valence-corrected chi connectivity index (χ4v) is 4.34. The number of tetrazole rings is 1. The van der Waals surface area contributed by atoms with Gasteiger partial charge < -0.3 is 25.0 Å². The number of aliphatic carboxylic acids is 1. The van der Waals surface area contributed by atoms with Gasteiger partial charge in [0.2, 0.25) is 11.1 Å². The largest absolute Gasteiger partial charge is 0.477 e. The molecule has 1 saturated heterocycles. The van der Waals surface area contributed by atoms with Crippen molar-refractivity contribution in [3.8, 4) is 0 Å². The molecule has 0 spiro atoms. The summed E-state index contributed by atoms with van der Waals surface area (Å²) in [5.74, 6) is -2.96. The lowest BCUT2D eigenvalue weighted by molar-refractivity contribution is -0.257. The first-order valence-electron chi connectivity index (χ1n) is 8.79. The fourth-order valence-electron chi connectivity index (χ4n) is 3.12. The molecule has 0 aromatic carbocycles. The third-order valence-corrected chi connectivity index (χ3v) is 6.12. The maximum atomic E-state index is 12.8. The maximum Gasteiger partial charge on any atom is 0.352 e. The minimum Gasteiger partial charge on any atom is -0.477 e. The predicted octanol–water partition coefficient (Wildman–Crippen LogP) is -1.59. The first-order chi connectivity index (χ1) is 14.9. The van der Waals surface area contributed by atoms with E-state index in [0.29, 0.717) is 22.5 Å². The van der Waals surface area contributed by atoms with Crippen LogP contribution in [0.5, 0.6) is 0 Å². The number of aliphatic hydroxyl groups excluding tert-OH is 1. The molecule has 16 heteroatoms. The number of ether oxygens (including phenoxy) is 2. The number of nitrogens with zero attached hydrogens (tertiary/aromatic N) is 5. The number of methoxy groups -OCH3 is 1. The van der Waals surface area contributed by atoms with Crippen LogP contribution in [0.25, 0.3) is 0 Å². The average Bonchev–Trinajstić information content (AvgIpc) is 3.20. The van der Waals surface area contributed by atoms with Crippen LogP contribution in [0.3, 0.4) is 0 Å². The summed E-state index contributed by atoms with van der Waals surface area (Å²) in [6.45, 7) is -0.158. The number of carbonyl (C=O) groups excluding carboxylic acids is 2. The number of rotatable bonds is 11. The molecule has 3 heterocycles. The lowest BCUT2D eigenvalue weighted by Crippen LogP contribution is -2.82. The highest BCUT2D eigenvalue weighted by atomic mass is 32.2. The van der Waals surface area contributed by atoms with E-state index in [9.17, 15) is 23.9 Å². The summed E-state index contributed by atoms with van der Waals surface area (Å²) in [6.07, 6.45) is -1.19. The zero-order valence-electron chi connectivity index (χ0n) is 16.2. The molecule has 3 N–H and O–H groups in total. The molecule has 0 radical (unpaired) electrons. The molecular formula is C15H19FN6O7S2. The van der Waals surface area contributed by atoms with Crippen LogP contribution < -0.4 is 5.32 Å². The molecule has 1 aromatic rings. The third-order valence-electron chi connectivity index (χ3n) is 4.46. The standard InChI is InChI=1S/C15H19FN6O7S2/c1-28-15(17-9(24)6-30-7-16)12(27)22-10(11(25)26)8(4-29-13(15)22)5-31-14-18-19-20-21(14)2-3-23/h13,23H,2-7H2,1H3,(H,17,24)(H,25,26)/t13?,15-/m0/s1. The van der Waals surface area contributed by atoms with Crippen molar-refractivity contribution in [2.45, 2.75) is 23.7 Å². The first kappa shape index (κ1) is 23.4. The van der Waals surface area contributed by atoms with Gasteiger partial charge in [-0.15, -0.1) is 16.9 Å². The van der Waals surface area contributed by atoms with Crippen molar-refractivity contribution in [3.63, 3.8) is 0 Å². The van der Waals surface area contributed by atoms with Gasteiger partial charge in [0.1, 0.15) is 11.7 Å². The molecule has 1 unspecified atom stereocenters. The molecule has 1 aromatic heterocycles. The van der Waals surface area contributed by atoms with E-state index in [1.165, 1.54) is 11.8 Å². The Morgan fingerprint density at radius 2 is 2.26 bits per heavy atom. The second-order valence-electron chi connectivity index (χ2n) is 6.24. The Morgan fingerprint density at radius 1 is 1.48 bits per heavy atom. The van der Waals surface area contributed by atoms with Crippen molar-refractivity contribution in [2.24, 2.45) is 0 Å². The summed E-state index contributed by atoms with van der Waals surface area (Å²) < 4.78 is 24.5. The lowest BCUT2D eigenvalue weighted by Gasteiger charge is -2.55. The second kappa shape index (κ2) is 9.90. The van der Waals surface area contributed by atoms with Gasteiger partial charge >= 0.3 is 5.97 Å². The topological polar surface area (TPSA) is 169 Å². The SMILES string of the molecule is CO[C@@]1(NC(=O)CSCF)C(=O)N2C(C(=O)O)=C(CSc3nnnn3CCO)COC21. The van der Waals surface area contributed by atoms with Crippen LogP contribution in [0.1, 0.15) is 0 Å². The number of aliphatic hydroxyl groups is 1. The molecule has 2 aliphatic rings. The molecular weight excluding hydrogens is 459 g/mol. The number of nitrogens with one attached hydrogen (secondary N) is 1. The Hall–Kier alpha value is -2.27. The van der Waals surface area contributed by atoms with E-state index in [4.69, 9.17) is 14.6 Å². The zero-order valence-corrected chi connectivity index (χ0v) is 17.8. The Morgan fingerprint density at radius 3 is 2.90 bits per heavy atom. The number of halogens is 1. The van der Waals surface area contributed by atoms with Crippen molar-refractivity contribution < 1.29 is 38.5 Å². The molecule has 2 atom stereocenters.